The Hall–Kier alpha value is 0.700. The lowest BCUT2D eigenvalue weighted by Gasteiger charge is -2.10. The van der Waals surface area contributed by atoms with Crippen molar-refractivity contribution in [2.75, 3.05) is 5.75 Å². The molecular formula is C10H21S2. The van der Waals surface area contributed by atoms with Crippen LogP contribution in [0.3, 0.4) is 0 Å². The van der Waals surface area contributed by atoms with Gasteiger partial charge in [0, 0.05) is 5.75 Å². The normalized spacial score (nSPS) is 13.8. The predicted octanol–water partition coefficient (Wildman–Crippen LogP) is 4.68. The van der Waals surface area contributed by atoms with Gasteiger partial charge in [0.25, 0.3) is 0 Å². The van der Waals surface area contributed by atoms with Crippen LogP contribution >= 0.6 is 22.5 Å². The fraction of sp³-hybridized carbons (Fsp3) is 1.00. The Balaban J connectivity index is 3.13. The minimum absolute atomic E-state index is 0.866. The summed E-state index contributed by atoms with van der Waals surface area (Å²) < 4.78 is 0. The Bertz CT molecular complexity index is 91.8. The summed E-state index contributed by atoms with van der Waals surface area (Å²) >= 11 is 4.84. The summed E-state index contributed by atoms with van der Waals surface area (Å²) in [6.07, 6.45) is 5.45. The fourth-order valence-corrected chi connectivity index (χ4v) is 2.06. The molecule has 0 N–H and O–H groups in total. The Labute approximate surface area is 86.7 Å². The minimum atomic E-state index is 0.866. The zero-order chi connectivity index (χ0) is 9.40. The SMILES string of the molecule is CC(C)CCCC(C)CCS[S]. The molecule has 73 valence electrons. The minimum Gasteiger partial charge on any atom is -0.0817 e. The molecule has 0 aliphatic heterocycles. The summed E-state index contributed by atoms with van der Waals surface area (Å²) in [5.74, 6) is 2.89. The van der Waals surface area contributed by atoms with Gasteiger partial charge in [-0.05, 0) is 29.9 Å². The van der Waals surface area contributed by atoms with Gasteiger partial charge in [-0.15, -0.1) is 0 Å². The van der Waals surface area contributed by atoms with Crippen molar-refractivity contribution in [3.05, 3.63) is 0 Å². The van der Waals surface area contributed by atoms with E-state index in [1.807, 2.05) is 0 Å². The average molecular weight is 205 g/mol. The van der Waals surface area contributed by atoms with Gasteiger partial charge in [-0.1, -0.05) is 50.8 Å². The van der Waals surface area contributed by atoms with Crippen molar-refractivity contribution in [3.63, 3.8) is 0 Å². The van der Waals surface area contributed by atoms with Crippen LogP contribution in [0.1, 0.15) is 46.5 Å². The lowest BCUT2D eigenvalue weighted by molar-refractivity contribution is 0.451. The number of hydrogen-bond donors (Lipinski definition) is 0. The smallest absolute Gasteiger partial charge is 0.00479 e. The van der Waals surface area contributed by atoms with Crippen molar-refractivity contribution in [2.24, 2.45) is 11.8 Å². The van der Waals surface area contributed by atoms with E-state index in [9.17, 15) is 0 Å². The molecular weight excluding hydrogens is 184 g/mol. The molecule has 1 radical (unpaired) electrons. The molecule has 0 aromatic heterocycles. The van der Waals surface area contributed by atoms with Gasteiger partial charge in [-0.3, -0.25) is 0 Å². The molecule has 2 heteroatoms. The summed E-state index contributed by atoms with van der Waals surface area (Å²) in [6, 6.07) is 0. The van der Waals surface area contributed by atoms with Crippen LogP contribution in [0.15, 0.2) is 0 Å². The van der Waals surface area contributed by atoms with Gasteiger partial charge >= 0.3 is 0 Å². The van der Waals surface area contributed by atoms with Crippen molar-refractivity contribution in [3.8, 4) is 0 Å². The highest BCUT2D eigenvalue weighted by molar-refractivity contribution is 8.68. The second kappa shape index (κ2) is 8.31. The van der Waals surface area contributed by atoms with Gasteiger partial charge in [0.1, 0.15) is 0 Å². The van der Waals surface area contributed by atoms with Crippen LogP contribution < -0.4 is 0 Å². The molecule has 0 rings (SSSR count). The van der Waals surface area contributed by atoms with Crippen LogP contribution in [0.25, 0.3) is 0 Å². The largest absolute Gasteiger partial charge is 0.0817 e. The molecule has 1 atom stereocenters. The summed E-state index contributed by atoms with van der Waals surface area (Å²) in [7, 11) is 1.55. The van der Waals surface area contributed by atoms with Crippen LogP contribution in [-0.4, -0.2) is 5.75 Å². The standard InChI is InChI=1S/C10H21S2/c1-9(2)5-4-6-10(3)7-8-12-11/h9-10H,4-8H2,1-3H3. The zero-order valence-corrected chi connectivity index (χ0v) is 10.1. The Morgan fingerprint density at radius 3 is 2.25 bits per heavy atom. The summed E-state index contributed by atoms with van der Waals surface area (Å²) in [4.78, 5) is 0. The molecule has 0 fully saturated rings. The summed E-state index contributed by atoms with van der Waals surface area (Å²) in [5.41, 5.74) is 0. The van der Waals surface area contributed by atoms with Crippen molar-refractivity contribution in [2.45, 2.75) is 46.5 Å². The van der Waals surface area contributed by atoms with Gasteiger partial charge in [0.15, 0.2) is 0 Å². The molecule has 0 heterocycles. The van der Waals surface area contributed by atoms with Crippen molar-refractivity contribution in [1.29, 1.82) is 0 Å². The van der Waals surface area contributed by atoms with Crippen LogP contribution in [-0.2, 0) is 0 Å². The van der Waals surface area contributed by atoms with E-state index in [0.717, 1.165) is 17.6 Å². The molecule has 0 aromatic carbocycles. The zero-order valence-electron chi connectivity index (χ0n) is 8.51. The molecule has 0 spiro atoms. The van der Waals surface area contributed by atoms with E-state index in [-0.39, 0.29) is 0 Å². The second-order valence-corrected chi connectivity index (χ2v) is 5.39. The molecule has 0 aromatic rings. The first-order valence-electron chi connectivity index (χ1n) is 4.91. The molecule has 0 aliphatic rings. The Morgan fingerprint density at radius 1 is 1.08 bits per heavy atom. The molecule has 0 saturated carbocycles. The van der Waals surface area contributed by atoms with Gasteiger partial charge in [0.05, 0.1) is 0 Å². The van der Waals surface area contributed by atoms with E-state index in [1.54, 1.807) is 10.8 Å². The third-order valence-electron chi connectivity index (χ3n) is 2.17. The molecule has 12 heavy (non-hydrogen) atoms. The maximum Gasteiger partial charge on any atom is 0.00479 e. The first-order valence-corrected chi connectivity index (χ1v) is 6.82. The Kier molecular flexibility index (Phi) is 8.79. The van der Waals surface area contributed by atoms with E-state index in [1.165, 1.54) is 25.7 Å². The van der Waals surface area contributed by atoms with Gasteiger partial charge in [0.2, 0.25) is 0 Å². The average Bonchev–Trinajstić information content (AvgIpc) is 2.00. The second-order valence-electron chi connectivity index (χ2n) is 4.04. The molecule has 1 unspecified atom stereocenters. The Morgan fingerprint density at radius 2 is 1.75 bits per heavy atom. The van der Waals surface area contributed by atoms with Crippen LogP contribution in [0.2, 0.25) is 0 Å². The summed E-state index contributed by atoms with van der Waals surface area (Å²) in [6.45, 7) is 6.93. The first kappa shape index (κ1) is 12.7. The van der Waals surface area contributed by atoms with E-state index in [2.05, 4.69) is 20.8 Å². The van der Waals surface area contributed by atoms with Gasteiger partial charge < -0.3 is 0 Å². The lowest BCUT2D eigenvalue weighted by atomic mass is 9.98. The summed E-state index contributed by atoms with van der Waals surface area (Å²) in [5, 5.41) is 0. The van der Waals surface area contributed by atoms with E-state index in [0.29, 0.717) is 0 Å². The van der Waals surface area contributed by atoms with E-state index in [4.69, 9.17) is 11.7 Å². The van der Waals surface area contributed by atoms with E-state index >= 15 is 0 Å². The topological polar surface area (TPSA) is 0 Å². The van der Waals surface area contributed by atoms with Gasteiger partial charge in [-0.25, -0.2) is 0 Å². The highest BCUT2D eigenvalue weighted by atomic mass is 33.1. The van der Waals surface area contributed by atoms with E-state index < -0.39 is 0 Å². The van der Waals surface area contributed by atoms with Gasteiger partial charge in [-0.2, -0.15) is 0 Å². The third kappa shape index (κ3) is 8.79. The maximum absolute atomic E-state index is 4.84. The highest BCUT2D eigenvalue weighted by Gasteiger charge is 2.02. The van der Waals surface area contributed by atoms with Crippen LogP contribution in [0.5, 0.6) is 0 Å². The quantitative estimate of drug-likeness (QED) is 0.544. The first-order chi connectivity index (χ1) is 5.66. The van der Waals surface area contributed by atoms with Crippen LogP contribution in [0.4, 0.5) is 0 Å². The monoisotopic (exact) mass is 205 g/mol. The third-order valence-corrected chi connectivity index (χ3v) is 3.07. The predicted molar refractivity (Wildman–Crippen MR) is 62.5 cm³/mol. The molecule has 0 bridgehead atoms. The number of rotatable bonds is 7. The molecule has 0 aliphatic carbocycles. The molecule has 0 saturated heterocycles. The van der Waals surface area contributed by atoms with Crippen molar-refractivity contribution in [1.82, 2.24) is 0 Å². The molecule has 0 nitrogen and oxygen atoms in total. The lowest BCUT2D eigenvalue weighted by Crippen LogP contribution is -1.97. The maximum atomic E-state index is 4.84. The molecule has 0 amide bonds. The van der Waals surface area contributed by atoms with Crippen LogP contribution in [0, 0.1) is 11.8 Å². The van der Waals surface area contributed by atoms with Crippen molar-refractivity contribution < 1.29 is 0 Å². The number of hydrogen-bond acceptors (Lipinski definition) is 1. The fourth-order valence-electron chi connectivity index (χ4n) is 1.27. The van der Waals surface area contributed by atoms with Crippen molar-refractivity contribution >= 4 is 22.5 Å². The highest BCUT2D eigenvalue weighted by Crippen LogP contribution is 2.18.